The molecule has 6 atom stereocenters. The van der Waals surface area contributed by atoms with Gasteiger partial charge in [-0.15, -0.1) is 0 Å². The van der Waals surface area contributed by atoms with Gasteiger partial charge in [-0.2, -0.15) is 5.01 Å². The van der Waals surface area contributed by atoms with Gasteiger partial charge in [-0.3, -0.25) is 24.6 Å². The number of para-hydroxylation sites is 1. The molecule has 0 unspecified atom stereocenters. The number of anilines is 2. The number of amides is 4. The molecule has 14 heteroatoms. The summed E-state index contributed by atoms with van der Waals surface area (Å²) in [5.41, 5.74) is 2.19. The summed E-state index contributed by atoms with van der Waals surface area (Å²) < 4.78 is 19.4. The van der Waals surface area contributed by atoms with Crippen molar-refractivity contribution < 1.29 is 48.4 Å². The molecule has 4 aromatic rings. The van der Waals surface area contributed by atoms with E-state index >= 15 is 4.79 Å². The first-order valence-corrected chi connectivity index (χ1v) is 17.4. The summed E-state index contributed by atoms with van der Waals surface area (Å²) in [5, 5.41) is 32.9. The summed E-state index contributed by atoms with van der Waals surface area (Å²) >= 11 is 6.33. The maximum Gasteiger partial charge on any atom is 0.339 e. The number of methoxy groups -OCH3 is 1. The average molecular weight is 752 g/mol. The number of carbonyl (C=O) groups is 5. The first kappa shape index (κ1) is 34.9. The largest absolute Gasteiger partial charge is 0.507 e. The number of benzene rings is 4. The third-order valence-electron chi connectivity index (χ3n) is 11.3. The summed E-state index contributed by atoms with van der Waals surface area (Å²) in [6.07, 6.45) is 1.81. The number of carbonyl (C=O) groups excluding carboxylic acids is 4. The zero-order valence-electron chi connectivity index (χ0n) is 28.4. The van der Waals surface area contributed by atoms with Crippen LogP contribution in [0.3, 0.4) is 0 Å². The van der Waals surface area contributed by atoms with Gasteiger partial charge in [-0.05, 0) is 78.9 Å². The second kappa shape index (κ2) is 12.7. The number of phenolic OH excluding ortho intramolecular Hbond substituents is 1. The molecule has 4 amide bonds. The number of hydrazine groups is 1. The number of aromatic carboxylic acids is 1. The van der Waals surface area contributed by atoms with Crippen molar-refractivity contribution in [2.45, 2.75) is 24.2 Å². The summed E-state index contributed by atoms with van der Waals surface area (Å²) in [7, 11) is 1.38. The fourth-order valence-corrected chi connectivity index (χ4v) is 9.16. The quantitative estimate of drug-likeness (QED) is 0.134. The van der Waals surface area contributed by atoms with E-state index in [0.29, 0.717) is 16.2 Å². The normalized spacial score (nSPS) is 25.9. The van der Waals surface area contributed by atoms with Gasteiger partial charge in [0.2, 0.25) is 11.8 Å². The minimum atomic E-state index is -1.72. The highest BCUT2D eigenvalue weighted by Crippen LogP contribution is 2.65. The molecule has 2 aliphatic heterocycles. The molecular formula is C40H31ClFN3O9. The number of nitrogens with one attached hydrogen (secondary N) is 1. The molecule has 2 heterocycles. The van der Waals surface area contributed by atoms with Gasteiger partial charge in [0.1, 0.15) is 17.1 Å². The van der Waals surface area contributed by atoms with Crippen molar-refractivity contribution in [3.63, 3.8) is 0 Å². The van der Waals surface area contributed by atoms with Crippen molar-refractivity contribution >= 4 is 52.6 Å². The minimum absolute atomic E-state index is 0.0152. The van der Waals surface area contributed by atoms with Gasteiger partial charge in [0.05, 0.1) is 41.7 Å². The molecule has 4 aliphatic rings. The fraction of sp³-hybridized carbons (Fsp3) is 0.225. The Bertz CT molecular complexity index is 2310. The summed E-state index contributed by atoms with van der Waals surface area (Å²) in [5.74, 6) is -10.1. The Hall–Kier alpha value is -6.21. The number of hydrogen-bond donors (Lipinski definition) is 4. The van der Waals surface area contributed by atoms with Crippen molar-refractivity contribution in [1.82, 2.24) is 5.01 Å². The molecule has 2 saturated heterocycles. The SMILES string of the molecule is COc1cccc([C@H]2C3=CC[C@@H]4C(=O)N(c5ccc(C(=O)O)c(O)c5)C(=O)[C@@H]4[C@@H]3C[C@H]3C(=O)N(Nc4ccc(F)cc4)C(=O)[C@@]23c2ccc(Cl)cc2)c1O. The van der Waals surface area contributed by atoms with Crippen molar-refractivity contribution in [2.24, 2.45) is 23.7 Å². The Labute approximate surface area is 312 Å². The van der Waals surface area contributed by atoms with E-state index in [0.717, 1.165) is 22.0 Å². The molecule has 2 aliphatic carbocycles. The molecule has 4 N–H and O–H groups in total. The molecule has 274 valence electrons. The summed E-state index contributed by atoms with van der Waals surface area (Å²) in [6.45, 7) is 0. The Morgan fingerprint density at radius 2 is 1.65 bits per heavy atom. The van der Waals surface area contributed by atoms with E-state index in [9.17, 15) is 38.9 Å². The monoisotopic (exact) mass is 751 g/mol. The maximum absolute atomic E-state index is 15.2. The summed E-state index contributed by atoms with van der Waals surface area (Å²) in [4.78, 5) is 71.0. The van der Waals surface area contributed by atoms with E-state index in [1.165, 1.54) is 37.4 Å². The van der Waals surface area contributed by atoms with Crippen molar-refractivity contribution in [2.75, 3.05) is 17.4 Å². The van der Waals surface area contributed by atoms with E-state index in [4.69, 9.17) is 16.3 Å². The second-order valence-electron chi connectivity index (χ2n) is 13.8. The second-order valence-corrected chi connectivity index (χ2v) is 14.2. The molecule has 4 aromatic carbocycles. The van der Waals surface area contributed by atoms with Gasteiger partial charge < -0.3 is 20.1 Å². The van der Waals surface area contributed by atoms with Crippen LogP contribution in [0, 0.1) is 29.5 Å². The van der Waals surface area contributed by atoms with E-state index in [1.54, 1.807) is 48.5 Å². The number of ether oxygens (including phenoxy) is 1. The van der Waals surface area contributed by atoms with Gasteiger partial charge in [0.25, 0.3) is 11.8 Å². The Kier molecular flexibility index (Phi) is 8.22. The number of imide groups is 2. The smallest absolute Gasteiger partial charge is 0.339 e. The fourth-order valence-electron chi connectivity index (χ4n) is 9.03. The molecular weight excluding hydrogens is 721 g/mol. The average Bonchev–Trinajstić information content (AvgIpc) is 3.53. The zero-order chi connectivity index (χ0) is 38.2. The Morgan fingerprint density at radius 1 is 0.926 bits per heavy atom. The summed E-state index contributed by atoms with van der Waals surface area (Å²) in [6, 6.07) is 19.8. The molecule has 0 spiro atoms. The van der Waals surface area contributed by atoms with Gasteiger partial charge in [-0.25, -0.2) is 14.1 Å². The maximum atomic E-state index is 15.2. The van der Waals surface area contributed by atoms with E-state index < -0.39 is 81.7 Å². The van der Waals surface area contributed by atoms with E-state index in [-0.39, 0.29) is 41.3 Å². The molecule has 1 saturated carbocycles. The van der Waals surface area contributed by atoms with E-state index in [1.807, 2.05) is 0 Å². The van der Waals surface area contributed by atoms with Crippen LogP contribution in [-0.4, -0.2) is 57.0 Å². The lowest BCUT2D eigenvalue weighted by Gasteiger charge is -2.50. The number of aromatic hydroxyl groups is 2. The molecule has 12 nitrogen and oxygen atoms in total. The number of fused-ring (bicyclic) bond motifs is 4. The van der Waals surface area contributed by atoms with Gasteiger partial charge in [0, 0.05) is 22.6 Å². The lowest BCUT2D eigenvalue weighted by molar-refractivity contribution is -0.138. The van der Waals surface area contributed by atoms with Crippen LogP contribution in [0.15, 0.2) is 96.6 Å². The van der Waals surface area contributed by atoms with Gasteiger partial charge in [-0.1, -0.05) is 47.5 Å². The Morgan fingerprint density at radius 3 is 2.31 bits per heavy atom. The van der Waals surface area contributed by atoms with Crippen molar-refractivity contribution in [3.05, 3.63) is 124 Å². The lowest BCUT2D eigenvalue weighted by atomic mass is 9.49. The zero-order valence-corrected chi connectivity index (χ0v) is 29.2. The van der Waals surface area contributed by atoms with Crippen LogP contribution in [0.4, 0.5) is 15.8 Å². The van der Waals surface area contributed by atoms with Crippen LogP contribution in [-0.2, 0) is 24.6 Å². The molecule has 0 aromatic heterocycles. The topological polar surface area (TPSA) is 174 Å². The third-order valence-corrected chi connectivity index (χ3v) is 11.5. The highest BCUT2D eigenvalue weighted by Gasteiger charge is 2.70. The van der Waals surface area contributed by atoms with Crippen LogP contribution in [0.25, 0.3) is 0 Å². The highest BCUT2D eigenvalue weighted by molar-refractivity contribution is 6.30. The number of phenols is 2. The number of rotatable bonds is 7. The van der Waals surface area contributed by atoms with Crippen LogP contribution in [0.1, 0.15) is 40.2 Å². The van der Waals surface area contributed by atoms with Gasteiger partial charge >= 0.3 is 5.97 Å². The highest BCUT2D eigenvalue weighted by atomic mass is 35.5. The molecule has 54 heavy (non-hydrogen) atoms. The molecule has 3 fully saturated rings. The van der Waals surface area contributed by atoms with Crippen molar-refractivity contribution in [3.8, 4) is 17.2 Å². The first-order valence-electron chi connectivity index (χ1n) is 17.0. The van der Waals surface area contributed by atoms with Crippen molar-refractivity contribution in [1.29, 1.82) is 0 Å². The number of allylic oxidation sites excluding steroid dienone is 2. The van der Waals surface area contributed by atoms with Crippen LogP contribution < -0.4 is 15.1 Å². The number of hydrogen-bond acceptors (Lipinski definition) is 9. The third kappa shape index (κ3) is 4.98. The van der Waals surface area contributed by atoms with Crippen LogP contribution >= 0.6 is 11.6 Å². The molecule has 0 bridgehead atoms. The predicted molar refractivity (Wildman–Crippen MR) is 191 cm³/mol. The number of halogens is 2. The van der Waals surface area contributed by atoms with Gasteiger partial charge in [0.15, 0.2) is 11.5 Å². The first-order chi connectivity index (χ1) is 25.9. The lowest BCUT2D eigenvalue weighted by Crippen LogP contribution is -2.53. The standard InChI is InChI=1S/C40H31ClFN3O9/c1-54-31-4-2-3-27(34(31)47)33-24-15-16-26-32(37(50)44(35(26)48)23-13-14-25(38(51)52)30(46)17-23)28(24)18-29-36(49)45(43-22-11-9-21(42)10-12-22)39(53)40(29,33)19-5-7-20(41)8-6-19/h2-15,17,26,28-29,32-33,43,46-47H,16,18H2,1H3,(H,51,52)/t26-,28+,29-,32-,33+,40+/m0/s1. The van der Waals surface area contributed by atoms with E-state index in [2.05, 4.69) is 5.43 Å². The molecule has 8 rings (SSSR count). The minimum Gasteiger partial charge on any atom is -0.507 e. The van der Waals surface area contributed by atoms with Crippen LogP contribution in [0.2, 0.25) is 5.02 Å². The predicted octanol–water partition coefficient (Wildman–Crippen LogP) is 5.79. The number of nitrogens with zero attached hydrogens (tertiary/aromatic N) is 2. The molecule has 0 radical (unpaired) electrons. The number of carboxylic acid groups (broad SMARTS) is 1. The Balaban J connectivity index is 1.32. The number of carboxylic acids is 1. The van der Waals surface area contributed by atoms with Crippen LogP contribution in [0.5, 0.6) is 17.2 Å².